The number of hydrogen-bond donors (Lipinski definition) is 2. The van der Waals surface area contributed by atoms with Crippen LogP contribution < -0.4 is 10.6 Å². The van der Waals surface area contributed by atoms with Crippen molar-refractivity contribution >= 4 is 28.7 Å². The van der Waals surface area contributed by atoms with Gasteiger partial charge in [-0.05, 0) is 61.4 Å². The molecular formula is C19H16F3N5O2. The normalized spacial score (nSPS) is 11.2. The van der Waals surface area contributed by atoms with Gasteiger partial charge in [-0.3, -0.25) is 10.1 Å². The maximum Gasteiger partial charge on any atom is 0.416 e. The van der Waals surface area contributed by atoms with E-state index in [4.69, 9.17) is 0 Å². The Morgan fingerprint density at radius 3 is 1.90 bits per heavy atom. The number of halogens is 3. The standard InChI is InChI=1S/C19H16F3N5O2/c1-11-7-12(2)9-15(8-11)26-18-16(27(28)29)17(23-10-24-18)25-14-5-3-13(4-6-14)19(20,21)22/h3-10H,1-2H3,(H2,23,24,25,26). The number of nitro groups is 1. The van der Waals surface area contributed by atoms with Crippen molar-refractivity contribution in [3.05, 3.63) is 75.6 Å². The van der Waals surface area contributed by atoms with Gasteiger partial charge in [0.15, 0.2) is 0 Å². The molecule has 0 radical (unpaired) electrons. The first-order chi connectivity index (χ1) is 13.6. The van der Waals surface area contributed by atoms with Crippen molar-refractivity contribution in [3.63, 3.8) is 0 Å². The summed E-state index contributed by atoms with van der Waals surface area (Å²) in [6, 6.07) is 9.67. The van der Waals surface area contributed by atoms with Crippen LogP contribution in [-0.2, 0) is 6.18 Å². The molecule has 10 heteroatoms. The lowest BCUT2D eigenvalue weighted by atomic mass is 10.1. The minimum Gasteiger partial charge on any atom is -0.334 e. The summed E-state index contributed by atoms with van der Waals surface area (Å²) in [5.74, 6) is -0.180. The van der Waals surface area contributed by atoms with E-state index in [1.54, 1.807) is 0 Å². The predicted molar refractivity (Wildman–Crippen MR) is 103 cm³/mol. The number of nitrogens with one attached hydrogen (secondary N) is 2. The SMILES string of the molecule is Cc1cc(C)cc(Nc2ncnc(Nc3ccc(C(F)(F)F)cc3)c2[N+](=O)[O-])c1. The first kappa shape index (κ1) is 20.1. The van der Waals surface area contributed by atoms with Crippen molar-refractivity contribution in [1.82, 2.24) is 9.97 Å². The molecule has 0 aliphatic rings. The van der Waals surface area contributed by atoms with Gasteiger partial charge < -0.3 is 10.6 Å². The van der Waals surface area contributed by atoms with Gasteiger partial charge in [0.25, 0.3) is 0 Å². The Bertz CT molecular complexity index is 1030. The quantitative estimate of drug-likeness (QED) is 0.431. The number of nitrogens with zero attached hydrogens (tertiary/aromatic N) is 3. The van der Waals surface area contributed by atoms with Gasteiger partial charge in [0, 0.05) is 11.4 Å². The van der Waals surface area contributed by atoms with Crippen molar-refractivity contribution in [2.45, 2.75) is 20.0 Å². The Balaban J connectivity index is 1.93. The van der Waals surface area contributed by atoms with Crippen LogP contribution in [0.3, 0.4) is 0 Å². The summed E-state index contributed by atoms with van der Waals surface area (Å²) in [4.78, 5) is 18.8. The van der Waals surface area contributed by atoms with E-state index < -0.39 is 22.4 Å². The van der Waals surface area contributed by atoms with Crippen LogP contribution in [0.25, 0.3) is 0 Å². The van der Waals surface area contributed by atoms with Crippen LogP contribution in [0.5, 0.6) is 0 Å². The van der Waals surface area contributed by atoms with E-state index in [0.29, 0.717) is 5.69 Å². The Labute approximate surface area is 163 Å². The summed E-state index contributed by atoms with van der Waals surface area (Å²) in [6.07, 6.45) is -3.34. The third kappa shape index (κ3) is 4.78. The van der Waals surface area contributed by atoms with E-state index in [1.807, 2.05) is 32.0 Å². The first-order valence-corrected chi connectivity index (χ1v) is 8.42. The largest absolute Gasteiger partial charge is 0.416 e. The number of alkyl halides is 3. The van der Waals surface area contributed by atoms with Crippen LogP contribution >= 0.6 is 0 Å². The van der Waals surface area contributed by atoms with Crippen molar-refractivity contribution in [2.75, 3.05) is 10.6 Å². The topological polar surface area (TPSA) is 93.0 Å². The molecule has 0 saturated heterocycles. The molecule has 0 aliphatic heterocycles. The number of anilines is 4. The van der Waals surface area contributed by atoms with Crippen LogP contribution in [-0.4, -0.2) is 14.9 Å². The van der Waals surface area contributed by atoms with Gasteiger partial charge in [0.1, 0.15) is 6.33 Å². The van der Waals surface area contributed by atoms with Gasteiger partial charge in [-0.1, -0.05) is 6.07 Å². The zero-order valence-corrected chi connectivity index (χ0v) is 15.4. The third-order valence-corrected chi connectivity index (χ3v) is 3.96. The molecule has 1 aromatic heterocycles. The minimum absolute atomic E-state index is 0.0376. The maximum absolute atomic E-state index is 12.7. The molecule has 2 aromatic carbocycles. The lowest BCUT2D eigenvalue weighted by molar-refractivity contribution is -0.383. The van der Waals surface area contributed by atoms with E-state index in [9.17, 15) is 23.3 Å². The average Bonchev–Trinajstić information content (AvgIpc) is 2.60. The summed E-state index contributed by atoms with van der Waals surface area (Å²) >= 11 is 0. The van der Waals surface area contributed by atoms with Crippen LogP contribution in [0.15, 0.2) is 48.8 Å². The zero-order valence-electron chi connectivity index (χ0n) is 15.4. The fourth-order valence-corrected chi connectivity index (χ4v) is 2.80. The van der Waals surface area contributed by atoms with Crippen LogP contribution in [0.2, 0.25) is 0 Å². The van der Waals surface area contributed by atoms with Crippen molar-refractivity contribution in [2.24, 2.45) is 0 Å². The van der Waals surface area contributed by atoms with Crippen LogP contribution in [0.1, 0.15) is 16.7 Å². The molecule has 3 rings (SSSR count). The fourth-order valence-electron chi connectivity index (χ4n) is 2.80. The van der Waals surface area contributed by atoms with E-state index in [-0.39, 0.29) is 17.3 Å². The summed E-state index contributed by atoms with van der Waals surface area (Å²) in [5, 5.41) is 17.2. The van der Waals surface area contributed by atoms with Crippen molar-refractivity contribution in [1.29, 1.82) is 0 Å². The molecule has 1 heterocycles. The molecule has 0 bridgehead atoms. The number of rotatable bonds is 5. The maximum atomic E-state index is 12.7. The summed E-state index contributed by atoms with van der Waals surface area (Å²) < 4.78 is 38.1. The highest BCUT2D eigenvalue weighted by atomic mass is 19.4. The van der Waals surface area contributed by atoms with Gasteiger partial charge in [0.05, 0.1) is 10.5 Å². The Morgan fingerprint density at radius 1 is 0.897 bits per heavy atom. The first-order valence-electron chi connectivity index (χ1n) is 8.42. The highest BCUT2D eigenvalue weighted by molar-refractivity contribution is 5.77. The molecule has 2 N–H and O–H groups in total. The molecule has 0 unspecified atom stereocenters. The third-order valence-electron chi connectivity index (χ3n) is 3.96. The summed E-state index contributed by atoms with van der Waals surface area (Å²) in [7, 11) is 0. The Kier molecular flexibility index (Phi) is 5.35. The molecular weight excluding hydrogens is 387 g/mol. The molecule has 0 saturated carbocycles. The Morgan fingerprint density at radius 2 is 1.41 bits per heavy atom. The average molecular weight is 403 g/mol. The molecule has 0 fully saturated rings. The van der Waals surface area contributed by atoms with E-state index >= 15 is 0 Å². The van der Waals surface area contributed by atoms with E-state index in [0.717, 1.165) is 29.6 Å². The number of aromatic nitrogens is 2. The lowest BCUT2D eigenvalue weighted by Gasteiger charge is -2.12. The molecule has 150 valence electrons. The second-order valence-corrected chi connectivity index (χ2v) is 6.38. The fraction of sp³-hybridized carbons (Fsp3) is 0.158. The monoisotopic (exact) mass is 403 g/mol. The molecule has 29 heavy (non-hydrogen) atoms. The predicted octanol–water partition coefficient (Wildman–Crippen LogP) is 5.51. The minimum atomic E-state index is -4.47. The Hall–Kier alpha value is -3.69. The molecule has 3 aromatic rings. The molecule has 0 amide bonds. The number of aryl methyl sites for hydroxylation is 2. The van der Waals surface area contributed by atoms with Crippen molar-refractivity contribution < 1.29 is 18.1 Å². The van der Waals surface area contributed by atoms with Crippen LogP contribution in [0.4, 0.5) is 41.9 Å². The van der Waals surface area contributed by atoms with Gasteiger partial charge in [0.2, 0.25) is 11.6 Å². The summed E-state index contributed by atoms with van der Waals surface area (Å²) in [5.41, 5.74) is 1.52. The van der Waals surface area contributed by atoms with Crippen molar-refractivity contribution in [3.8, 4) is 0 Å². The van der Waals surface area contributed by atoms with Gasteiger partial charge in [-0.2, -0.15) is 13.2 Å². The lowest BCUT2D eigenvalue weighted by Crippen LogP contribution is -2.07. The molecule has 0 spiro atoms. The number of benzene rings is 2. The second kappa shape index (κ2) is 7.74. The molecule has 0 atom stereocenters. The number of hydrogen-bond acceptors (Lipinski definition) is 6. The van der Waals surface area contributed by atoms with Gasteiger partial charge in [-0.15, -0.1) is 0 Å². The van der Waals surface area contributed by atoms with Gasteiger partial charge >= 0.3 is 11.9 Å². The zero-order chi connectivity index (χ0) is 21.2. The highest BCUT2D eigenvalue weighted by Crippen LogP contribution is 2.34. The molecule has 0 aliphatic carbocycles. The van der Waals surface area contributed by atoms with E-state index in [1.165, 1.54) is 12.1 Å². The van der Waals surface area contributed by atoms with Crippen LogP contribution in [0, 0.1) is 24.0 Å². The molecule has 7 nitrogen and oxygen atoms in total. The van der Waals surface area contributed by atoms with E-state index in [2.05, 4.69) is 20.6 Å². The second-order valence-electron chi connectivity index (χ2n) is 6.38. The smallest absolute Gasteiger partial charge is 0.334 e. The summed E-state index contributed by atoms with van der Waals surface area (Å²) in [6.45, 7) is 3.79. The van der Waals surface area contributed by atoms with Gasteiger partial charge in [-0.25, -0.2) is 9.97 Å². The highest BCUT2D eigenvalue weighted by Gasteiger charge is 2.30.